The van der Waals surface area contributed by atoms with E-state index in [1.165, 1.54) is 17.7 Å². The lowest BCUT2D eigenvalue weighted by atomic mass is 10.0. The van der Waals surface area contributed by atoms with Crippen molar-refractivity contribution in [1.82, 2.24) is 4.98 Å². The molecule has 1 aromatic heterocycles. The number of hydrazine groups is 1. The van der Waals surface area contributed by atoms with Crippen molar-refractivity contribution in [3.05, 3.63) is 52.1 Å². The number of nitrogens with one attached hydrogen (secondary N) is 2. The third-order valence-corrected chi connectivity index (χ3v) is 3.02. The van der Waals surface area contributed by atoms with Gasteiger partial charge in [0.15, 0.2) is 0 Å². The second kappa shape index (κ2) is 6.19. The van der Waals surface area contributed by atoms with E-state index in [4.69, 9.17) is 5.84 Å². The summed E-state index contributed by atoms with van der Waals surface area (Å²) in [5.41, 5.74) is 4.25. The number of nitro groups is 1. The molecule has 7 heteroatoms. The molecule has 110 valence electrons. The molecule has 0 radical (unpaired) electrons. The third-order valence-electron chi connectivity index (χ3n) is 3.02. The quantitative estimate of drug-likeness (QED) is 0.443. The summed E-state index contributed by atoms with van der Waals surface area (Å²) in [4.78, 5) is 14.5. The molecule has 0 unspecified atom stereocenters. The first kappa shape index (κ1) is 14.7. The lowest BCUT2D eigenvalue weighted by molar-refractivity contribution is -0.384. The van der Waals surface area contributed by atoms with Crippen LogP contribution in [-0.2, 0) is 0 Å². The van der Waals surface area contributed by atoms with Gasteiger partial charge in [0.05, 0.1) is 17.1 Å². The summed E-state index contributed by atoms with van der Waals surface area (Å²) in [5.74, 6) is 6.30. The van der Waals surface area contributed by atoms with Gasteiger partial charge in [-0.3, -0.25) is 10.1 Å². The van der Waals surface area contributed by atoms with Gasteiger partial charge in [0.25, 0.3) is 5.69 Å². The smallest absolute Gasteiger partial charge is 0.276 e. The van der Waals surface area contributed by atoms with Crippen LogP contribution in [0.2, 0.25) is 0 Å². The molecule has 0 saturated carbocycles. The molecule has 0 spiro atoms. The van der Waals surface area contributed by atoms with Crippen LogP contribution in [0, 0.1) is 10.1 Å². The molecule has 0 aliphatic heterocycles. The van der Waals surface area contributed by atoms with Gasteiger partial charge in [-0.05, 0) is 23.6 Å². The molecule has 0 fully saturated rings. The summed E-state index contributed by atoms with van der Waals surface area (Å²) in [5, 5.41) is 13.9. The van der Waals surface area contributed by atoms with Crippen molar-refractivity contribution in [2.24, 2.45) is 5.84 Å². The highest BCUT2D eigenvalue weighted by Gasteiger charge is 2.11. The monoisotopic (exact) mass is 287 g/mol. The number of hydrogen-bond donors (Lipinski definition) is 3. The molecule has 0 atom stereocenters. The van der Waals surface area contributed by atoms with E-state index in [2.05, 4.69) is 29.6 Å². The molecule has 1 heterocycles. The van der Waals surface area contributed by atoms with Gasteiger partial charge in [-0.25, -0.2) is 10.8 Å². The lowest BCUT2D eigenvalue weighted by Crippen LogP contribution is -2.10. The van der Waals surface area contributed by atoms with Crippen molar-refractivity contribution in [3.63, 3.8) is 0 Å². The fourth-order valence-corrected chi connectivity index (χ4v) is 1.86. The highest BCUT2D eigenvalue weighted by molar-refractivity contribution is 5.62. The number of nitrogens with two attached hydrogens (primary N) is 1. The fraction of sp³-hybridized carbons (Fsp3) is 0.214. The fourth-order valence-electron chi connectivity index (χ4n) is 1.86. The normalized spacial score (nSPS) is 10.5. The second-order valence-electron chi connectivity index (χ2n) is 4.90. The highest BCUT2D eigenvalue weighted by atomic mass is 16.6. The van der Waals surface area contributed by atoms with Crippen LogP contribution < -0.4 is 16.6 Å². The standard InChI is InChI=1S/C14H17N5O2/c1-9(2)10-3-5-11(6-4-10)16-13-7-12(19(20)21)8-14(17-13)18-15/h3-9H,15H2,1-2H3,(H2,16,17,18). The summed E-state index contributed by atoms with van der Waals surface area (Å²) in [6, 6.07) is 10.5. The van der Waals surface area contributed by atoms with Gasteiger partial charge in [0.1, 0.15) is 11.6 Å². The number of nitrogens with zero attached hydrogens (tertiary/aromatic N) is 2. The van der Waals surface area contributed by atoms with E-state index >= 15 is 0 Å². The van der Waals surface area contributed by atoms with E-state index in [1.807, 2.05) is 24.3 Å². The topological polar surface area (TPSA) is 106 Å². The minimum atomic E-state index is -0.491. The van der Waals surface area contributed by atoms with Crippen LogP contribution in [0.25, 0.3) is 0 Å². The van der Waals surface area contributed by atoms with Crippen LogP contribution in [-0.4, -0.2) is 9.91 Å². The molecule has 2 rings (SSSR count). The molecular formula is C14H17N5O2. The summed E-state index contributed by atoms with van der Waals surface area (Å²) < 4.78 is 0. The number of rotatable bonds is 5. The van der Waals surface area contributed by atoms with Crippen molar-refractivity contribution < 1.29 is 4.92 Å². The Balaban J connectivity index is 2.26. The van der Waals surface area contributed by atoms with Gasteiger partial charge >= 0.3 is 0 Å². The van der Waals surface area contributed by atoms with Gasteiger partial charge in [-0.1, -0.05) is 26.0 Å². The van der Waals surface area contributed by atoms with E-state index in [-0.39, 0.29) is 11.5 Å². The number of hydrogen-bond acceptors (Lipinski definition) is 6. The lowest BCUT2D eigenvalue weighted by Gasteiger charge is -2.09. The SMILES string of the molecule is CC(C)c1ccc(Nc2cc([N+](=O)[O-])cc(NN)n2)cc1. The average Bonchev–Trinajstić information content (AvgIpc) is 2.47. The Morgan fingerprint density at radius 3 is 2.33 bits per heavy atom. The van der Waals surface area contributed by atoms with Gasteiger partial charge in [-0.2, -0.15) is 0 Å². The van der Waals surface area contributed by atoms with E-state index in [1.54, 1.807) is 0 Å². The zero-order chi connectivity index (χ0) is 15.4. The third kappa shape index (κ3) is 3.67. The molecule has 0 amide bonds. The molecule has 0 saturated heterocycles. The average molecular weight is 287 g/mol. The summed E-state index contributed by atoms with van der Waals surface area (Å²) >= 11 is 0. The first-order valence-electron chi connectivity index (χ1n) is 6.49. The van der Waals surface area contributed by atoms with Crippen molar-refractivity contribution in [2.45, 2.75) is 19.8 Å². The maximum atomic E-state index is 10.9. The Labute approximate surface area is 122 Å². The molecule has 0 aliphatic rings. The zero-order valence-corrected chi connectivity index (χ0v) is 11.8. The first-order valence-corrected chi connectivity index (χ1v) is 6.49. The highest BCUT2D eigenvalue weighted by Crippen LogP contribution is 2.24. The van der Waals surface area contributed by atoms with Crippen molar-refractivity contribution in [1.29, 1.82) is 0 Å². The van der Waals surface area contributed by atoms with Crippen LogP contribution >= 0.6 is 0 Å². The van der Waals surface area contributed by atoms with Gasteiger partial charge in [-0.15, -0.1) is 0 Å². The minimum absolute atomic E-state index is 0.0840. The number of anilines is 3. The number of benzene rings is 1. The van der Waals surface area contributed by atoms with Crippen LogP contribution in [0.4, 0.5) is 23.0 Å². The molecule has 2 aromatic rings. The van der Waals surface area contributed by atoms with Gasteiger partial charge in [0, 0.05) is 5.69 Å². The Morgan fingerprint density at radius 1 is 1.19 bits per heavy atom. The Hall–Kier alpha value is -2.67. The van der Waals surface area contributed by atoms with E-state index in [0.717, 1.165) is 5.69 Å². The number of nitrogen functional groups attached to an aromatic ring is 1. The Bertz CT molecular complexity index is 640. The second-order valence-corrected chi connectivity index (χ2v) is 4.90. The van der Waals surface area contributed by atoms with E-state index in [9.17, 15) is 10.1 Å². The number of aromatic nitrogens is 1. The summed E-state index contributed by atoms with van der Waals surface area (Å²) in [6.07, 6.45) is 0. The van der Waals surface area contributed by atoms with Crippen LogP contribution in [0.3, 0.4) is 0 Å². The van der Waals surface area contributed by atoms with E-state index in [0.29, 0.717) is 11.7 Å². The molecule has 0 bridgehead atoms. The largest absolute Gasteiger partial charge is 0.340 e. The van der Waals surface area contributed by atoms with Gasteiger partial charge < -0.3 is 10.7 Å². The zero-order valence-electron chi connectivity index (χ0n) is 11.8. The maximum absolute atomic E-state index is 10.9. The number of pyridine rings is 1. The van der Waals surface area contributed by atoms with Crippen molar-refractivity contribution >= 4 is 23.0 Å². The summed E-state index contributed by atoms with van der Waals surface area (Å²) in [7, 11) is 0. The first-order chi connectivity index (χ1) is 9.99. The van der Waals surface area contributed by atoms with Gasteiger partial charge in [0.2, 0.25) is 0 Å². The van der Waals surface area contributed by atoms with Crippen LogP contribution in [0.15, 0.2) is 36.4 Å². The predicted molar refractivity (Wildman–Crippen MR) is 82.5 cm³/mol. The molecule has 7 nitrogen and oxygen atoms in total. The predicted octanol–water partition coefficient (Wildman–Crippen LogP) is 3.14. The maximum Gasteiger partial charge on any atom is 0.276 e. The van der Waals surface area contributed by atoms with Crippen molar-refractivity contribution in [3.8, 4) is 0 Å². The Kier molecular flexibility index (Phi) is 4.34. The summed E-state index contributed by atoms with van der Waals surface area (Å²) in [6.45, 7) is 4.23. The van der Waals surface area contributed by atoms with Crippen molar-refractivity contribution in [2.75, 3.05) is 10.7 Å². The van der Waals surface area contributed by atoms with E-state index < -0.39 is 4.92 Å². The molecule has 0 aliphatic carbocycles. The minimum Gasteiger partial charge on any atom is -0.340 e. The molecular weight excluding hydrogens is 270 g/mol. The Morgan fingerprint density at radius 2 is 1.81 bits per heavy atom. The molecule has 21 heavy (non-hydrogen) atoms. The van der Waals surface area contributed by atoms with Crippen LogP contribution in [0.1, 0.15) is 25.3 Å². The molecule has 4 N–H and O–H groups in total. The molecule has 1 aromatic carbocycles. The van der Waals surface area contributed by atoms with Crippen LogP contribution in [0.5, 0.6) is 0 Å².